The monoisotopic (exact) mass is 353 g/mol. The third-order valence-electron chi connectivity index (χ3n) is 2.72. The predicted molar refractivity (Wildman–Crippen MR) is 79.5 cm³/mol. The molecule has 20 heavy (non-hydrogen) atoms. The molecule has 0 spiro atoms. The van der Waals surface area contributed by atoms with E-state index < -0.39 is 5.82 Å². The first kappa shape index (κ1) is 14.8. The van der Waals surface area contributed by atoms with E-state index in [9.17, 15) is 4.39 Å². The number of nitriles is 1. The number of nitrogens with zero attached hydrogens (tertiary/aromatic N) is 1. The summed E-state index contributed by atoms with van der Waals surface area (Å²) in [5.41, 5.74) is 1.70. The second-order valence-corrected chi connectivity index (χ2v) is 5.07. The van der Waals surface area contributed by atoms with E-state index in [1.807, 2.05) is 12.1 Å². The van der Waals surface area contributed by atoms with Gasteiger partial charge in [0.15, 0.2) is 0 Å². The van der Waals surface area contributed by atoms with Gasteiger partial charge in [0.1, 0.15) is 18.2 Å². The van der Waals surface area contributed by atoms with E-state index in [0.29, 0.717) is 21.7 Å². The fourth-order valence-corrected chi connectivity index (χ4v) is 2.24. The van der Waals surface area contributed by atoms with Crippen LogP contribution in [-0.4, -0.2) is 0 Å². The highest BCUT2D eigenvalue weighted by molar-refractivity contribution is 9.08. The molecule has 0 amide bonds. The van der Waals surface area contributed by atoms with E-state index in [1.54, 1.807) is 18.2 Å². The fraction of sp³-hybridized carbons (Fsp3) is 0.133. The van der Waals surface area contributed by atoms with Crippen LogP contribution in [0.3, 0.4) is 0 Å². The lowest BCUT2D eigenvalue weighted by Crippen LogP contribution is -1.99. The van der Waals surface area contributed by atoms with Crippen molar-refractivity contribution in [3.8, 4) is 11.8 Å². The first-order chi connectivity index (χ1) is 9.63. The second kappa shape index (κ2) is 6.74. The van der Waals surface area contributed by atoms with Crippen LogP contribution < -0.4 is 4.74 Å². The number of ether oxygens (including phenoxy) is 1. The molecular weight excluding hydrogens is 345 g/mol. The number of halogens is 3. The SMILES string of the molecule is N#Cc1ccc(COc2ccc(CBr)cc2Cl)c(F)c1. The van der Waals surface area contributed by atoms with Crippen LogP contribution in [0.15, 0.2) is 36.4 Å². The molecule has 5 heteroatoms. The lowest BCUT2D eigenvalue weighted by molar-refractivity contribution is 0.300. The highest BCUT2D eigenvalue weighted by atomic mass is 79.9. The highest BCUT2D eigenvalue weighted by Crippen LogP contribution is 2.27. The highest BCUT2D eigenvalue weighted by Gasteiger charge is 2.07. The first-order valence-electron chi connectivity index (χ1n) is 5.79. The van der Waals surface area contributed by atoms with E-state index in [0.717, 1.165) is 5.56 Å². The molecule has 0 saturated carbocycles. The summed E-state index contributed by atoms with van der Waals surface area (Å²) in [5.74, 6) is 0.0392. The molecule has 0 unspecified atom stereocenters. The molecule has 0 fully saturated rings. The van der Waals surface area contributed by atoms with Crippen molar-refractivity contribution < 1.29 is 9.13 Å². The Labute approximate surface area is 129 Å². The lowest BCUT2D eigenvalue weighted by Gasteiger charge is -2.09. The molecule has 102 valence electrons. The average Bonchev–Trinajstić information content (AvgIpc) is 2.46. The molecule has 0 radical (unpaired) electrons. The smallest absolute Gasteiger partial charge is 0.138 e. The van der Waals surface area contributed by atoms with Crippen molar-refractivity contribution in [2.75, 3.05) is 0 Å². The number of alkyl halides is 1. The Bertz CT molecular complexity index is 669. The Morgan fingerprint density at radius 1 is 1.25 bits per heavy atom. The molecule has 0 aliphatic carbocycles. The minimum atomic E-state index is -0.461. The van der Waals surface area contributed by atoms with Gasteiger partial charge in [-0.25, -0.2) is 4.39 Å². The average molecular weight is 355 g/mol. The standard InChI is InChI=1S/C15H10BrClFNO/c16-7-10-2-4-15(13(17)5-10)20-9-12-3-1-11(8-19)6-14(12)18/h1-6H,7,9H2. The van der Waals surface area contributed by atoms with Crippen LogP contribution in [0.4, 0.5) is 4.39 Å². The molecule has 0 atom stereocenters. The van der Waals surface area contributed by atoms with Gasteiger partial charge in [0.2, 0.25) is 0 Å². The zero-order valence-electron chi connectivity index (χ0n) is 10.4. The van der Waals surface area contributed by atoms with Crippen molar-refractivity contribution in [2.24, 2.45) is 0 Å². The van der Waals surface area contributed by atoms with Crippen LogP contribution in [0.25, 0.3) is 0 Å². The Morgan fingerprint density at radius 2 is 2.05 bits per heavy atom. The quantitative estimate of drug-likeness (QED) is 0.737. The van der Waals surface area contributed by atoms with Crippen molar-refractivity contribution in [1.29, 1.82) is 5.26 Å². The minimum absolute atomic E-state index is 0.0604. The van der Waals surface area contributed by atoms with Crippen LogP contribution in [-0.2, 0) is 11.9 Å². The van der Waals surface area contributed by atoms with Gasteiger partial charge < -0.3 is 4.74 Å². The van der Waals surface area contributed by atoms with Crippen LogP contribution >= 0.6 is 27.5 Å². The summed E-state index contributed by atoms with van der Waals surface area (Å²) >= 11 is 9.42. The molecule has 0 aliphatic heterocycles. The maximum atomic E-state index is 13.7. The molecule has 2 rings (SSSR count). The zero-order valence-corrected chi connectivity index (χ0v) is 12.7. The summed E-state index contributed by atoms with van der Waals surface area (Å²) < 4.78 is 19.2. The molecule has 2 aromatic carbocycles. The molecule has 0 saturated heterocycles. The van der Waals surface area contributed by atoms with Gasteiger partial charge in [-0.15, -0.1) is 0 Å². The topological polar surface area (TPSA) is 33.0 Å². The number of rotatable bonds is 4. The van der Waals surface area contributed by atoms with Gasteiger partial charge in [-0.2, -0.15) is 5.26 Å². The molecule has 0 aromatic heterocycles. The number of hydrogen-bond acceptors (Lipinski definition) is 2. The van der Waals surface area contributed by atoms with Crippen molar-refractivity contribution in [3.63, 3.8) is 0 Å². The van der Waals surface area contributed by atoms with Crippen LogP contribution in [0.5, 0.6) is 5.75 Å². The normalized spacial score (nSPS) is 10.1. The van der Waals surface area contributed by atoms with Gasteiger partial charge in [0.05, 0.1) is 16.7 Å². The van der Waals surface area contributed by atoms with Crippen molar-refractivity contribution in [2.45, 2.75) is 11.9 Å². The van der Waals surface area contributed by atoms with E-state index in [-0.39, 0.29) is 12.2 Å². The fourth-order valence-electron chi connectivity index (χ4n) is 1.63. The van der Waals surface area contributed by atoms with E-state index in [2.05, 4.69) is 15.9 Å². The second-order valence-electron chi connectivity index (χ2n) is 4.11. The predicted octanol–water partition coefficient (Wildman–Crippen LogP) is 4.82. The summed E-state index contributed by atoms with van der Waals surface area (Å²) in [4.78, 5) is 0. The Hall–Kier alpha value is -1.57. The summed E-state index contributed by atoms with van der Waals surface area (Å²) in [6.45, 7) is 0.0604. The summed E-state index contributed by atoms with van der Waals surface area (Å²) in [6, 6.07) is 11.6. The van der Waals surface area contributed by atoms with Gasteiger partial charge in [-0.3, -0.25) is 0 Å². The first-order valence-corrected chi connectivity index (χ1v) is 7.29. The van der Waals surface area contributed by atoms with E-state index in [1.165, 1.54) is 12.1 Å². The molecule has 0 bridgehead atoms. The Kier molecular flexibility index (Phi) is 4.99. The molecule has 0 aliphatic rings. The number of benzene rings is 2. The third-order valence-corrected chi connectivity index (χ3v) is 3.66. The molecule has 0 heterocycles. The van der Waals surface area contributed by atoms with Crippen LogP contribution in [0, 0.1) is 17.1 Å². The van der Waals surface area contributed by atoms with Gasteiger partial charge in [0.25, 0.3) is 0 Å². The van der Waals surface area contributed by atoms with Gasteiger partial charge in [-0.05, 0) is 29.8 Å². The van der Waals surface area contributed by atoms with Crippen molar-refractivity contribution in [3.05, 3.63) is 63.9 Å². The van der Waals surface area contributed by atoms with Crippen LogP contribution in [0.2, 0.25) is 5.02 Å². The van der Waals surface area contributed by atoms with Gasteiger partial charge in [-0.1, -0.05) is 39.7 Å². The van der Waals surface area contributed by atoms with E-state index in [4.69, 9.17) is 21.6 Å². The van der Waals surface area contributed by atoms with Gasteiger partial charge >= 0.3 is 0 Å². The number of hydrogen-bond donors (Lipinski definition) is 0. The van der Waals surface area contributed by atoms with Crippen LogP contribution in [0.1, 0.15) is 16.7 Å². The lowest BCUT2D eigenvalue weighted by atomic mass is 10.1. The zero-order chi connectivity index (χ0) is 14.5. The maximum Gasteiger partial charge on any atom is 0.138 e. The van der Waals surface area contributed by atoms with Crippen molar-refractivity contribution >= 4 is 27.5 Å². The molecule has 2 aromatic rings. The van der Waals surface area contributed by atoms with Crippen molar-refractivity contribution in [1.82, 2.24) is 0 Å². The minimum Gasteiger partial charge on any atom is -0.487 e. The molecule has 0 N–H and O–H groups in total. The van der Waals surface area contributed by atoms with Gasteiger partial charge in [0, 0.05) is 10.9 Å². The molecular formula is C15H10BrClFNO. The Morgan fingerprint density at radius 3 is 2.65 bits per heavy atom. The summed E-state index contributed by atoms with van der Waals surface area (Å²) in [7, 11) is 0. The summed E-state index contributed by atoms with van der Waals surface area (Å²) in [6.07, 6.45) is 0. The maximum absolute atomic E-state index is 13.7. The summed E-state index contributed by atoms with van der Waals surface area (Å²) in [5, 5.41) is 9.87. The largest absolute Gasteiger partial charge is 0.487 e. The Balaban J connectivity index is 2.11. The molecule has 2 nitrogen and oxygen atoms in total. The van der Waals surface area contributed by atoms with E-state index >= 15 is 0 Å². The third kappa shape index (κ3) is 3.50.